The van der Waals surface area contributed by atoms with E-state index in [1.54, 1.807) is 0 Å². The Morgan fingerprint density at radius 1 is 0.400 bits per heavy atom. The van der Waals surface area contributed by atoms with Crippen molar-refractivity contribution in [2.45, 2.75) is 0 Å². The highest BCUT2D eigenvalue weighted by molar-refractivity contribution is 9.11. The van der Waals surface area contributed by atoms with Crippen LogP contribution in [-0.4, -0.2) is 15.0 Å². The Balaban J connectivity index is 1.94. The number of aromatic amines is 3. The van der Waals surface area contributed by atoms with Crippen molar-refractivity contribution in [2.24, 2.45) is 0 Å². The smallest absolute Gasteiger partial charge is 0.0732 e. The zero-order valence-corrected chi connectivity index (χ0v) is 20.1. The summed E-state index contributed by atoms with van der Waals surface area (Å²) in [5.74, 6) is 0. The lowest BCUT2D eigenvalue weighted by Crippen LogP contribution is -1.77. The van der Waals surface area contributed by atoms with Crippen LogP contribution in [0.2, 0.25) is 0 Å². The molecule has 0 amide bonds. The Morgan fingerprint density at radius 3 is 1.27 bits per heavy atom. The summed E-state index contributed by atoms with van der Waals surface area (Å²) in [5, 5.41) is 7.33. The lowest BCUT2D eigenvalue weighted by molar-refractivity contribution is 1.50. The molecule has 0 radical (unpaired) electrons. The molecule has 3 nitrogen and oxygen atoms in total. The second-order valence-corrected chi connectivity index (χ2v) is 10.2. The molecule has 0 atom stereocenters. The van der Waals surface area contributed by atoms with Crippen LogP contribution in [0.4, 0.5) is 0 Å². The fourth-order valence-corrected chi connectivity index (χ4v) is 6.28. The molecule has 0 aliphatic rings. The van der Waals surface area contributed by atoms with Crippen molar-refractivity contribution in [3.8, 4) is 0 Å². The summed E-state index contributed by atoms with van der Waals surface area (Å²) < 4.78 is 3.20. The lowest BCUT2D eigenvalue weighted by atomic mass is 10.0. The number of hydrogen-bond donors (Lipinski definition) is 3. The van der Waals surface area contributed by atoms with Gasteiger partial charge in [0.25, 0.3) is 0 Å². The maximum Gasteiger partial charge on any atom is 0.0732 e. The third kappa shape index (κ3) is 2.04. The van der Waals surface area contributed by atoms with Crippen molar-refractivity contribution < 1.29 is 0 Å². The maximum absolute atomic E-state index is 3.75. The first-order valence-corrected chi connectivity index (χ1v) is 11.9. The molecule has 4 aromatic carbocycles. The van der Waals surface area contributed by atoms with Gasteiger partial charge in [-0.15, -0.1) is 0 Å². The van der Waals surface area contributed by atoms with Gasteiger partial charge in [-0.3, -0.25) is 0 Å². The Kier molecular flexibility index (Phi) is 3.42. The average Bonchev–Trinajstić information content (AvgIpc) is 3.41. The van der Waals surface area contributed by atoms with E-state index < -0.39 is 0 Å². The quantitative estimate of drug-likeness (QED) is 0.160. The van der Waals surface area contributed by atoms with Crippen LogP contribution in [0.3, 0.4) is 0 Å². The first kappa shape index (κ1) is 17.4. The molecule has 3 N–H and O–H groups in total. The summed E-state index contributed by atoms with van der Waals surface area (Å²) in [5.41, 5.74) is 6.74. The van der Waals surface area contributed by atoms with Gasteiger partial charge in [-0.1, -0.05) is 36.4 Å². The molecule has 7 rings (SSSR count). The minimum Gasteiger partial charge on any atom is -0.353 e. The molecule has 0 aliphatic heterocycles. The van der Waals surface area contributed by atoms with Gasteiger partial charge in [-0.25, -0.2) is 0 Å². The van der Waals surface area contributed by atoms with E-state index in [1.165, 1.54) is 32.3 Å². The summed E-state index contributed by atoms with van der Waals surface area (Å²) in [6.45, 7) is 0. The standard InChI is InChI=1S/C24H12Br3N3/c25-13-7-1-4-10-16-17-11-5-2-8-14(26)20(11)29-23(17)24-18(22(16)28-19(10)13)12-6-3-9-15(27)21(12)30-24/h1-9,28-30H. The zero-order chi connectivity index (χ0) is 20.1. The van der Waals surface area contributed by atoms with Crippen molar-refractivity contribution in [3.05, 3.63) is 68.0 Å². The van der Waals surface area contributed by atoms with Gasteiger partial charge in [0.2, 0.25) is 0 Å². The molecule has 0 saturated heterocycles. The third-order valence-corrected chi connectivity index (χ3v) is 8.08. The molecule has 0 fully saturated rings. The van der Waals surface area contributed by atoms with Gasteiger partial charge in [0.15, 0.2) is 0 Å². The van der Waals surface area contributed by atoms with E-state index >= 15 is 0 Å². The van der Waals surface area contributed by atoms with Crippen molar-refractivity contribution in [1.29, 1.82) is 0 Å². The van der Waals surface area contributed by atoms with E-state index in [-0.39, 0.29) is 0 Å². The molecule has 0 unspecified atom stereocenters. The summed E-state index contributed by atoms with van der Waals surface area (Å²) >= 11 is 11.2. The van der Waals surface area contributed by atoms with Gasteiger partial charge in [0.1, 0.15) is 0 Å². The summed E-state index contributed by atoms with van der Waals surface area (Å²) in [4.78, 5) is 11.1. The number of H-pyrrole nitrogens is 3. The minimum atomic E-state index is 1.06. The number of aromatic nitrogens is 3. The van der Waals surface area contributed by atoms with Gasteiger partial charge in [0.05, 0.1) is 33.1 Å². The number of halogens is 3. The third-order valence-electron chi connectivity index (χ3n) is 6.10. The predicted octanol–water partition coefficient (Wildman–Crippen LogP) is 8.88. The molecule has 144 valence electrons. The van der Waals surface area contributed by atoms with Crippen LogP contribution in [0.5, 0.6) is 0 Å². The van der Waals surface area contributed by atoms with Crippen molar-refractivity contribution in [1.82, 2.24) is 15.0 Å². The van der Waals surface area contributed by atoms with E-state index in [0.717, 1.165) is 46.5 Å². The Bertz CT molecular complexity index is 1840. The number of hydrogen-bond acceptors (Lipinski definition) is 0. The Labute approximate surface area is 195 Å². The predicted molar refractivity (Wildman–Crippen MR) is 138 cm³/mol. The van der Waals surface area contributed by atoms with Crippen LogP contribution in [0.25, 0.3) is 65.4 Å². The topological polar surface area (TPSA) is 47.4 Å². The molecule has 3 aromatic heterocycles. The number of para-hydroxylation sites is 3. The highest BCUT2D eigenvalue weighted by Crippen LogP contribution is 2.46. The molecule has 0 bridgehead atoms. The molecule has 30 heavy (non-hydrogen) atoms. The van der Waals surface area contributed by atoms with E-state index in [2.05, 4.69) is 117 Å². The normalized spacial score (nSPS) is 12.5. The monoisotopic (exact) mass is 579 g/mol. The number of rotatable bonds is 0. The SMILES string of the molecule is Brc1cccc2c1[nH]c1c3[nH]c4c(Br)cccc4c3c3c4cccc(Br)c4[nH]c3c21. The molecule has 0 spiro atoms. The van der Waals surface area contributed by atoms with E-state index in [1.807, 2.05) is 0 Å². The Hall–Kier alpha value is -2.28. The highest BCUT2D eigenvalue weighted by atomic mass is 79.9. The van der Waals surface area contributed by atoms with Crippen LogP contribution >= 0.6 is 47.8 Å². The molecule has 0 aliphatic carbocycles. The van der Waals surface area contributed by atoms with E-state index in [9.17, 15) is 0 Å². The summed E-state index contributed by atoms with van der Waals surface area (Å²) in [6, 6.07) is 19.1. The maximum atomic E-state index is 3.75. The second kappa shape index (κ2) is 5.90. The molecule has 0 saturated carbocycles. The molecular formula is C24H12Br3N3. The fraction of sp³-hybridized carbons (Fsp3) is 0. The Morgan fingerprint density at radius 2 is 0.767 bits per heavy atom. The molecule has 6 heteroatoms. The molecule has 3 heterocycles. The molecule has 7 aromatic rings. The number of fused-ring (bicyclic) bond motifs is 12. The first-order valence-electron chi connectivity index (χ1n) is 9.55. The minimum absolute atomic E-state index is 1.06. The van der Waals surface area contributed by atoms with Gasteiger partial charge in [-0.2, -0.15) is 0 Å². The van der Waals surface area contributed by atoms with Crippen LogP contribution in [0.1, 0.15) is 0 Å². The van der Waals surface area contributed by atoms with Gasteiger partial charge in [0, 0.05) is 45.7 Å². The summed E-state index contributed by atoms with van der Waals surface area (Å²) in [7, 11) is 0. The fourth-order valence-electron chi connectivity index (χ4n) is 4.89. The van der Waals surface area contributed by atoms with E-state index in [0.29, 0.717) is 0 Å². The van der Waals surface area contributed by atoms with Crippen molar-refractivity contribution in [3.63, 3.8) is 0 Å². The summed E-state index contributed by atoms with van der Waals surface area (Å²) in [6.07, 6.45) is 0. The van der Waals surface area contributed by atoms with Crippen LogP contribution in [0, 0.1) is 0 Å². The lowest BCUT2D eigenvalue weighted by Gasteiger charge is -2.01. The molecular weight excluding hydrogens is 570 g/mol. The van der Waals surface area contributed by atoms with E-state index in [4.69, 9.17) is 0 Å². The van der Waals surface area contributed by atoms with Crippen LogP contribution in [-0.2, 0) is 0 Å². The average molecular weight is 582 g/mol. The van der Waals surface area contributed by atoms with Crippen LogP contribution in [0.15, 0.2) is 68.0 Å². The zero-order valence-electron chi connectivity index (χ0n) is 15.3. The highest BCUT2D eigenvalue weighted by Gasteiger charge is 2.22. The van der Waals surface area contributed by atoms with Crippen molar-refractivity contribution in [2.75, 3.05) is 0 Å². The van der Waals surface area contributed by atoms with Crippen molar-refractivity contribution >= 4 is 113 Å². The number of nitrogens with one attached hydrogen (secondary N) is 3. The largest absolute Gasteiger partial charge is 0.353 e. The van der Waals surface area contributed by atoms with Gasteiger partial charge < -0.3 is 15.0 Å². The first-order chi connectivity index (χ1) is 14.6. The van der Waals surface area contributed by atoms with Gasteiger partial charge >= 0.3 is 0 Å². The second-order valence-electron chi connectivity index (χ2n) is 7.61. The van der Waals surface area contributed by atoms with Gasteiger partial charge in [-0.05, 0) is 66.0 Å². The number of benzene rings is 4. The van der Waals surface area contributed by atoms with Crippen LogP contribution < -0.4 is 0 Å².